The van der Waals surface area contributed by atoms with E-state index in [9.17, 15) is 0 Å². The summed E-state index contributed by atoms with van der Waals surface area (Å²) in [5.74, 6) is 1.24. The first kappa shape index (κ1) is 8.42. The largest absolute Gasteiger partial charge is 0.362 e. The molecule has 1 saturated heterocycles. The highest BCUT2D eigenvalue weighted by Crippen LogP contribution is 2.24. The molecule has 0 amide bonds. The van der Waals surface area contributed by atoms with Crippen molar-refractivity contribution in [2.45, 2.75) is 44.7 Å². The Bertz CT molecular complexity index is 187. The summed E-state index contributed by atoms with van der Waals surface area (Å²) in [4.78, 5) is 4.66. The molecule has 0 aromatic rings. The van der Waals surface area contributed by atoms with E-state index >= 15 is 0 Å². The number of nitrogens with zero attached hydrogens (tertiary/aromatic N) is 1. The summed E-state index contributed by atoms with van der Waals surface area (Å²) < 4.78 is 0. The van der Waals surface area contributed by atoms with Crippen molar-refractivity contribution in [2.24, 2.45) is 4.99 Å². The summed E-state index contributed by atoms with van der Waals surface area (Å²) >= 11 is 1.88. The number of rotatable bonds is 1. The lowest BCUT2D eigenvalue weighted by molar-refractivity contribution is 0.419. The molecule has 1 N–H and O–H groups in total. The smallest absolute Gasteiger partial charge is 0.157 e. The first-order valence-electron chi connectivity index (χ1n) is 4.82. The number of nitrogens with one attached hydrogen (secondary N) is 1. The molecule has 2 aliphatic rings. The van der Waals surface area contributed by atoms with Gasteiger partial charge in [-0.25, -0.2) is 0 Å². The third kappa shape index (κ3) is 1.94. The quantitative estimate of drug-likeness (QED) is 0.674. The van der Waals surface area contributed by atoms with Crippen LogP contribution in [0.25, 0.3) is 0 Å². The van der Waals surface area contributed by atoms with Gasteiger partial charge in [0, 0.05) is 11.8 Å². The minimum absolute atomic E-state index is 0.630. The minimum atomic E-state index is 0.630. The Morgan fingerprint density at radius 1 is 1.42 bits per heavy atom. The molecular weight excluding hydrogens is 168 g/mol. The van der Waals surface area contributed by atoms with Crippen LogP contribution < -0.4 is 5.32 Å². The van der Waals surface area contributed by atoms with Crippen LogP contribution in [0.15, 0.2) is 4.99 Å². The maximum Gasteiger partial charge on any atom is 0.157 e. The average molecular weight is 184 g/mol. The Balaban J connectivity index is 1.88. The molecule has 2 fully saturated rings. The normalized spacial score (nSPS) is 34.4. The third-order valence-electron chi connectivity index (χ3n) is 2.53. The fraction of sp³-hybridized carbons (Fsp3) is 0.889. The summed E-state index contributed by atoms with van der Waals surface area (Å²) in [5, 5.41) is 4.62. The van der Waals surface area contributed by atoms with E-state index in [0.717, 1.165) is 0 Å². The second-order valence-corrected chi connectivity index (χ2v) is 4.79. The highest BCUT2D eigenvalue weighted by molar-refractivity contribution is 8.13. The fourth-order valence-corrected chi connectivity index (χ4v) is 2.59. The molecule has 0 spiro atoms. The van der Waals surface area contributed by atoms with Gasteiger partial charge in [0.2, 0.25) is 0 Å². The Morgan fingerprint density at radius 3 is 2.83 bits per heavy atom. The maximum absolute atomic E-state index is 4.66. The molecule has 1 aliphatic carbocycles. The lowest BCUT2D eigenvalue weighted by atomic mass is 9.94. The maximum atomic E-state index is 4.66. The highest BCUT2D eigenvalue weighted by atomic mass is 32.2. The zero-order chi connectivity index (χ0) is 8.39. The Kier molecular flexibility index (Phi) is 2.59. The first-order valence-corrected chi connectivity index (χ1v) is 5.80. The average Bonchev–Trinajstić information content (AvgIpc) is 1.97. The monoisotopic (exact) mass is 184 g/mol. The molecule has 68 valence electrons. The van der Waals surface area contributed by atoms with Gasteiger partial charge in [-0.05, 0) is 32.6 Å². The second kappa shape index (κ2) is 3.69. The molecule has 0 radical (unpaired) electrons. The van der Waals surface area contributed by atoms with Crippen LogP contribution in [-0.2, 0) is 0 Å². The van der Waals surface area contributed by atoms with Crippen LogP contribution in [0.3, 0.4) is 0 Å². The zero-order valence-electron chi connectivity index (χ0n) is 7.55. The van der Waals surface area contributed by atoms with Crippen LogP contribution in [0.4, 0.5) is 0 Å². The molecule has 0 aromatic heterocycles. The van der Waals surface area contributed by atoms with Gasteiger partial charge in [0.25, 0.3) is 0 Å². The van der Waals surface area contributed by atoms with Gasteiger partial charge in [-0.15, -0.1) is 0 Å². The van der Waals surface area contributed by atoms with Crippen LogP contribution in [0.1, 0.15) is 32.6 Å². The molecule has 12 heavy (non-hydrogen) atoms. The summed E-state index contributed by atoms with van der Waals surface area (Å²) in [6, 6.07) is 1.27. The van der Waals surface area contributed by atoms with Crippen molar-refractivity contribution < 1.29 is 0 Å². The van der Waals surface area contributed by atoms with E-state index in [1.807, 2.05) is 11.8 Å². The third-order valence-corrected chi connectivity index (χ3v) is 3.47. The topological polar surface area (TPSA) is 24.4 Å². The standard InChI is InChI=1S/C9H16N2S/c1-7-5-6-12-9(10-7)11-8-3-2-4-8/h7-8H,2-6H2,1H3,(H,10,11). The van der Waals surface area contributed by atoms with E-state index in [1.165, 1.54) is 36.6 Å². The van der Waals surface area contributed by atoms with Crippen molar-refractivity contribution >= 4 is 16.9 Å². The SMILES string of the molecule is CC1CCSC(=NC2CCC2)N1. The molecule has 0 bridgehead atoms. The minimum Gasteiger partial charge on any atom is -0.362 e. The molecule has 1 heterocycles. The van der Waals surface area contributed by atoms with E-state index in [4.69, 9.17) is 0 Å². The summed E-state index contributed by atoms with van der Waals surface area (Å²) in [5.41, 5.74) is 0. The number of amidine groups is 1. The molecule has 2 nitrogen and oxygen atoms in total. The van der Waals surface area contributed by atoms with E-state index in [1.54, 1.807) is 0 Å². The molecule has 1 aliphatic heterocycles. The lowest BCUT2D eigenvalue weighted by Gasteiger charge is -2.26. The molecule has 2 rings (SSSR count). The van der Waals surface area contributed by atoms with E-state index < -0.39 is 0 Å². The molecule has 3 heteroatoms. The number of thioether (sulfide) groups is 1. The van der Waals surface area contributed by atoms with Crippen LogP contribution in [0.5, 0.6) is 0 Å². The van der Waals surface area contributed by atoms with Gasteiger partial charge < -0.3 is 5.32 Å². The van der Waals surface area contributed by atoms with Gasteiger partial charge in [-0.2, -0.15) is 0 Å². The summed E-state index contributed by atoms with van der Waals surface area (Å²) in [6.07, 6.45) is 5.26. The predicted molar refractivity (Wildman–Crippen MR) is 54.7 cm³/mol. The van der Waals surface area contributed by atoms with Crippen LogP contribution in [0.2, 0.25) is 0 Å². The van der Waals surface area contributed by atoms with E-state index in [2.05, 4.69) is 17.2 Å². The van der Waals surface area contributed by atoms with Crippen molar-refractivity contribution in [1.29, 1.82) is 0 Å². The summed E-state index contributed by atoms with van der Waals surface area (Å²) in [6.45, 7) is 2.23. The highest BCUT2D eigenvalue weighted by Gasteiger charge is 2.19. The van der Waals surface area contributed by atoms with E-state index in [0.29, 0.717) is 12.1 Å². The summed E-state index contributed by atoms with van der Waals surface area (Å²) in [7, 11) is 0. The molecule has 1 saturated carbocycles. The molecule has 1 atom stereocenters. The van der Waals surface area contributed by atoms with Gasteiger partial charge in [0.05, 0.1) is 6.04 Å². The van der Waals surface area contributed by atoms with Gasteiger partial charge in [0.1, 0.15) is 0 Å². The van der Waals surface area contributed by atoms with Gasteiger partial charge in [-0.1, -0.05) is 11.8 Å². The van der Waals surface area contributed by atoms with Crippen molar-refractivity contribution in [3.05, 3.63) is 0 Å². The molecular formula is C9H16N2S. The number of aliphatic imine (C=N–C) groups is 1. The predicted octanol–water partition coefficient (Wildman–Crippen LogP) is 2.01. The van der Waals surface area contributed by atoms with Gasteiger partial charge in [0.15, 0.2) is 5.17 Å². The first-order chi connectivity index (χ1) is 5.84. The van der Waals surface area contributed by atoms with Crippen molar-refractivity contribution in [3.8, 4) is 0 Å². The van der Waals surface area contributed by atoms with Crippen LogP contribution in [-0.4, -0.2) is 23.0 Å². The fourth-order valence-electron chi connectivity index (χ4n) is 1.41. The Hall–Kier alpha value is -0.180. The molecule has 0 aromatic carbocycles. The van der Waals surface area contributed by atoms with Gasteiger partial charge in [-0.3, -0.25) is 4.99 Å². The second-order valence-electron chi connectivity index (χ2n) is 3.70. The van der Waals surface area contributed by atoms with Crippen molar-refractivity contribution in [3.63, 3.8) is 0 Å². The van der Waals surface area contributed by atoms with Crippen LogP contribution in [0, 0.1) is 0 Å². The molecule has 1 unspecified atom stereocenters. The Labute approximate surface area is 78.2 Å². The number of hydrogen-bond donors (Lipinski definition) is 1. The lowest BCUT2D eigenvalue weighted by Crippen LogP contribution is -2.36. The Morgan fingerprint density at radius 2 is 2.25 bits per heavy atom. The zero-order valence-corrected chi connectivity index (χ0v) is 8.36. The number of hydrogen-bond acceptors (Lipinski definition) is 2. The van der Waals surface area contributed by atoms with Crippen molar-refractivity contribution in [2.75, 3.05) is 5.75 Å². The van der Waals surface area contributed by atoms with E-state index in [-0.39, 0.29) is 0 Å². The van der Waals surface area contributed by atoms with Gasteiger partial charge >= 0.3 is 0 Å². The van der Waals surface area contributed by atoms with Crippen molar-refractivity contribution in [1.82, 2.24) is 5.32 Å². The van der Waals surface area contributed by atoms with Crippen LogP contribution >= 0.6 is 11.8 Å².